The molecule has 1 aromatic carbocycles. The molecule has 4 aliphatic rings. The van der Waals surface area contributed by atoms with Crippen LogP contribution >= 0.6 is 0 Å². The number of allylic oxidation sites excluding steroid dienone is 2. The molecule has 3 aliphatic carbocycles. The largest absolute Gasteiger partial charge is 0.460 e. The molecular formula is C23H28O2. The van der Waals surface area contributed by atoms with Crippen molar-refractivity contribution < 1.29 is 9.53 Å². The first-order chi connectivity index (χ1) is 11.9. The third kappa shape index (κ3) is 1.41. The van der Waals surface area contributed by atoms with Crippen molar-refractivity contribution in [3.05, 3.63) is 48.0 Å². The summed E-state index contributed by atoms with van der Waals surface area (Å²) in [5, 5.41) is 0. The van der Waals surface area contributed by atoms with Crippen LogP contribution < -0.4 is 0 Å². The zero-order chi connectivity index (χ0) is 17.5. The molecule has 5 atom stereocenters. The highest BCUT2D eigenvalue weighted by Gasteiger charge is 2.85. The van der Waals surface area contributed by atoms with Gasteiger partial charge in [0.25, 0.3) is 0 Å². The maximum atomic E-state index is 13.2. The molecule has 2 bridgehead atoms. The summed E-state index contributed by atoms with van der Waals surface area (Å²) in [6.07, 6.45) is 10.9. The normalized spacial score (nSPS) is 47.0. The van der Waals surface area contributed by atoms with Crippen LogP contribution in [0.1, 0.15) is 58.4 Å². The number of rotatable bonds is 2. The summed E-state index contributed by atoms with van der Waals surface area (Å²) in [7, 11) is 0. The highest BCUT2D eigenvalue weighted by atomic mass is 16.6. The minimum absolute atomic E-state index is 0.0319. The van der Waals surface area contributed by atoms with Crippen LogP contribution in [0.2, 0.25) is 0 Å². The topological polar surface area (TPSA) is 26.3 Å². The summed E-state index contributed by atoms with van der Waals surface area (Å²) >= 11 is 0. The van der Waals surface area contributed by atoms with Crippen LogP contribution in [0.15, 0.2) is 42.5 Å². The molecule has 1 aliphatic heterocycles. The maximum Gasteiger partial charge on any atom is 0.317 e. The lowest BCUT2D eigenvalue weighted by molar-refractivity contribution is -0.226. The van der Waals surface area contributed by atoms with Gasteiger partial charge in [0.15, 0.2) is 0 Å². The highest BCUT2D eigenvalue weighted by Crippen LogP contribution is 2.82. The summed E-state index contributed by atoms with van der Waals surface area (Å²) in [5.41, 5.74) is 1.000. The van der Waals surface area contributed by atoms with Gasteiger partial charge in [0, 0.05) is 5.41 Å². The van der Waals surface area contributed by atoms with E-state index in [1.165, 1.54) is 31.2 Å². The van der Waals surface area contributed by atoms with E-state index in [-0.39, 0.29) is 33.7 Å². The van der Waals surface area contributed by atoms with Crippen LogP contribution in [0, 0.1) is 22.2 Å². The molecule has 132 valence electrons. The summed E-state index contributed by atoms with van der Waals surface area (Å²) < 4.78 is 5.81. The zero-order valence-electron chi connectivity index (χ0n) is 15.5. The maximum absolute atomic E-state index is 13.2. The smallest absolute Gasteiger partial charge is 0.317 e. The fraction of sp³-hybridized carbons (Fsp3) is 0.609. The SMILES string of the molecule is CC(C)[C@@H]1OC(=O)[C@]12C[C@]13C=C[C@@]2(c2ccccc2)[C@@]1(C)CCCC3. The Hall–Kier alpha value is -1.57. The van der Waals surface area contributed by atoms with Crippen molar-refractivity contribution in [2.24, 2.45) is 22.2 Å². The molecule has 0 N–H and O–H groups in total. The second-order valence-electron chi connectivity index (χ2n) is 9.42. The Balaban J connectivity index is 1.82. The molecular weight excluding hydrogens is 308 g/mol. The van der Waals surface area contributed by atoms with Gasteiger partial charge in [0.05, 0.1) is 0 Å². The van der Waals surface area contributed by atoms with Crippen molar-refractivity contribution in [1.82, 2.24) is 0 Å². The number of hydrogen-bond donors (Lipinski definition) is 0. The summed E-state index contributed by atoms with van der Waals surface area (Å²) in [4.78, 5) is 13.2. The lowest BCUT2D eigenvalue weighted by Crippen LogP contribution is -2.68. The van der Waals surface area contributed by atoms with Gasteiger partial charge < -0.3 is 4.74 Å². The van der Waals surface area contributed by atoms with E-state index in [1.54, 1.807) is 0 Å². The van der Waals surface area contributed by atoms with E-state index >= 15 is 0 Å². The van der Waals surface area contributed by atoms with E-state index in [0.717, 1.165) is 6.42 Å². The molecule has 1 spiro atoms. The van der Waals surface area contributed by atoms with Gasteiger partial charge in [-0.3, -0.25) is 4.79 Å². The Bertz CT molecular complexity index is 766. The third-order valence-corrected chi connectivity index (χ3v) is 8.39. The molecule has 25 heavy (non-hydrogen) atoms. The number of benzene rings is 1. The van der Waals surface area contributed by atoms with Gasteiger partial charge in [-0.05, 0) is 41.6 Å². The molecule has 0 amide bonds. The molecule has 1 aromatic rings. The van der Waals surface area contributed by atoms with Crippen LogP contribution in [0.5, 0.6) is 0 Å². The van der Waals surface area contributed by atoms with Gasteiger partial charge in [0.2, 0.25) is 0 Å². The standard InChI is InChI=1S/C23H28O2/c1-16(2)18-22(19(24)25-18)15-21-12-8-7-11-20(21,3)23(22,14-13-21)17-9-5-4-6-10-17/h4-6,9-10,13-14,16,18H,7-8,11-12,15H2,1-3H3/t18-,20-,21-,22-,23+/m0/s1. The average Bonchev–Trinajstić information content (AvgIpc) is 3.01. The van der Waals surface area contributed by atoms with E-state index in [9.17, 15) is 4.79 Å². The Morgan fingerprint density at radius 1 is 1.08 bits per heavy atom. The number of hydrogen-bond acceptors (Lipinski definition) is 2. The first kappa shape index (κ1) is 15.7. The monoisotopic (exact) mass is 336 g/mol. The van der Waals surface area contributed by atoms with Gasteiger partial charge in [-0.25, -0.2) is 0 Å². The lowest BCUT2D eigenvalue weighted by Gasteiger charge is -2.58. The number of ether oxygens (including phenoxy) is 1. The van der Waals surface area contributed by atoms with Crippen LogP contribution in [-0.2, 0) is 14.9 Å². The molecule has 1 heterocycles. The summed E-state index contributed by atoms with van der Waals surface area (Å²) in [6.45, 7) is 6.88. The van der Waals surface area contributed by atoms with Crippen molar-refractivity contribution in [2.45, 2.75) is 64.4 Å². The van der Waals surface area contributed by atoms with Crippen LogP contribution in [0.3, 0.4) is 0 Å². The molecule has 0 unspecified atom stereocenters. The fourth-order valence-electron chi connectivity index (χ4n) is 7.41. The first-order valence-electron chi connectivity index (χ1n) is 9.91. The van der Waals surface area contributed by atoms with E-state index in [0.29, 0.717) is 5.92 Å². The summed E-state index contributed by atoms with van der Waals surface area (Å²) in [5.74, 6) is 0.405. The Morgan fingerprint density at radius 2 is 1.80 bits per heavy atom. The molecule has 0 radical (unpaired) electrons. The molecule has 2 nitrogen and oxygen atoms in total. The van der Waals surface area contributed by atoms with E-state index in [2.05, 4.69) is 63.3 Å². The summed E-state index contributed by atoms with van der Waals surface area (Å²) in [6, 6.07) is 10.8. The molecule has 2 heteroatoms. The number of cyclic esters (lactones) is 1. The van der Waals surface area contributed by atoms with E-state index in [1.807, 2.05) is 0 Å². The number of esters is 1. The Morgan fingerprint density at radius 3 is 2.48 bits per heavy atom. The Kier molecular flexibility index (Phi) is 2.87. The van der Waals surface area contributed by atoms with Gasteiger partial charge in [-0.2, -0.15) is 0 Å². The quantitative estimate of drug-likeness (QED) is 0.559. The average molecular weight is 336 g/mol. The van der Waals surface area contributed by atoms with Crippen molar-refractivity contribution in [3.63, 3.8) is 0 Å². The van der Waals surface area contributed by atoms with Crippen molar-refractivity contribution in [2.75, 3.05) is 0 Å². The predicted octanol–water partition coefficient (Wildman–Crippen LogP) is 5.03. The molecule has 3 fully saturated rings. The minimum atomic E-state index is -0.379. The molecule has 2 saturated carbocycles. The van der Waals surface area contributed by atoms with Gasteiger partial charge in [-0.1, -0.05) is 76.1 Å². The van der Waals surface area contributed by atoms with Gasteiger partial charge in [-0.15, -0.1) is 0 Å². The Labute approximate surface area is 150 Å². The van der Waals surface area contributed by atoms with Crippen molar-refractivity contribution in [1.29, 1.82) is 0 Å². The van der Waals surface area contributed by atoms with Crippen molar-refractivity contribution >= 4 is 5.97 Å². The minimum Gasteiger partial charge on any atom is -0.460 e. The fourth-order valence-corrected chi connectivity index (χ4v) is 7.41. The first-order valence-corrected chi connectivity index (χ1v) is 9.91. The van der Waals surface area contributed by atoms with E-state index in [4.69, 9.17) is 4.74 Å². The predicted molar refractivity (Wildman–Crippen MR) is 98.0 cm³/mol. The highest BCUT2D eigenvalue weighted by molar-refractivity contribution is 5.89. The molecule has 5 rings (SSSR count). The second kappa shape index (κ2) is 4.58. The van der Waals surface area contributed by atoms with Crippen molar-refractivity contribution in [3.8, 4) is 0 Å². The third-order valence-electron chi connectivity index (χ3n) is 8.39. The van der Waals surface area contributed by atoms with Crippen LogP contribution in [0.4, 0.5) is 0 Å². The number of carbonyl (C=O) groups is 1. The van der Waals surface area contributed by atoms with Crippen LogP contribution in [-0.4, -0.2) is 12.1 Å². The number of carbonyl (C=O) groups excluding carboxylic acids is 1. The van der Waals surface area contributed by atoms with Gasteiger partial charge in [0.1, 0.15) is 11.5 Å². The number of fused-ring (bicyclic) bond motifs is 1. The molecule has 1 saturated heterocycles. The van der Waals surface area contributed by atoms with Gasteiger partial charge >= 0.3 is 5.97 Å². The zero-order valence-corrected chi connectivity index (χ0v) is 15.5. The van der Waals surface area contributed by atoms with E-state index < -0.39 is 0 Å². The lowest BCUT2D eigenvalue weighted by atomic mass is 9.48. The molecule has 0 aromatic heterocycles. The van der Waals surface area contributed by atoms with Crippen LogP contribution in [0.25, 0.3) is 0 Å². The second-order valence-corrected chi connectivity index (χ2v) is 9.42.